The van der Waals surface area contributed by atoms with Crippen LogP contribution in [0, 0.1) is 5.82 Å². The summed E-state index contributed by atoms with van der Waals surface area (Å²) < 4.78 is 19.1. The minimum Gasteiger partial charge on any atom is -0.489 e. The quantitative estimate of drug-likeness (QED) is 0.847. The highest BCUT2D eigenvalue weighted by Gasteiger charge is 2.07. The van der Waals surface area contributed by atoms with Crippen LogP contribution in [-0.4, -0.2) is 4.99 Å². The zero-order chi connectivity index (χ0) is 14.7. The SMILES string of the molecule is NC(=S)c1ccc(OCc2ccc(Cl)cc2F)cc1Cl. The molecule has 2 aromatic rings. The highest BCUT2D eigenvalue weighted by atomic mass is 35.5. The molecule has 0 aromatic heterocycles. The highest BCUT2D eigenvalue weighted by molar-refractivity contribution is 7.80. The molecule has 0 bridgehead atoms. The first-order chi connectivity index (χ1) is 9.47. The van der Waals surface area contributed by atoms with E-state index in [4.69, 9.17) is 45.9 Å². The van der Waals surface area contributed by atoms with Crippen molar-refractivity contribution in [3.05, 3.63) is 63.4 Å². The Hall–Kier alpha value is -1.36. The number of rotatable bonds is 4. The van der Waals surface area contributed by atoms with Crippen molar-refractivity contribution < 1.29 is 9.13 Å². The van der Waals surface area contributed by atoms with E-state index in [1.807, 2.05) is 0 Å². The van der Waals surface area contributed by atoms with Crippen molar-refractivity contribution in [1.29, 1.82) is 0 Å². The molecule has 0 unspecified atom stereocenters. The van der Waals surface area contributed by atoms with Gasteiger partial charge in [-0.05, 0) is 30.3 Å². The monoisotopic (exact) mass is 329 g/mol. The van der Waals surface area contributed by atoms with Crippen LogP contribution < -0.4 is 10.5 Å². The van der Waals surface area contributed by atoms with Gasteiger partial charge >= 0.3 is 0 Å². The van der Waals surface area contributed by atoms with E-state index in [-0.39, 0.29) is 11.6 Å². The summed E-state index contributed by atoms with van der Waals surface area (Å²) in [6, 6.07) is 9.34. The fourth-order valence-electron chi connectivity index (χ4n) is 1.59. The minimum atomic E-state index is -0.414. The lowest BCUT2D eigenvalue weighted by atomic mass is 10.2. The Morgan fingerprint density at radius 3 is 2.55 bits per heavy atom. The predicted molar refractivity (Wildman–Crippen MR) is 83.1 cm³/mol. The van der Waals surface area contributed by atoms with Gasteiger partial charge in [-0.15, -0.1) is 0 Å². The van der Waals surface area contributed by atoms with Crippen molar-refractivity contribution >= 4 is 40.4 Å². The first-order valence-electron chi connectivity index (χ1n) is 5.63. The van der Waals surface area contributed by atoms with E-state index >= 15 is 0 Å². The zero-order valence-electron chi connectivity index (χ0n) is 10.2. The maximum atomic E-state index is 13.6. The Labute approximate surface area is 131 Å². The summed E-state index contributed by atoms with van der Waals surface area (Å²) in [5.41, 5.74) is 6.49. The van der Waals surface area contributed by atoms with Crippen LogP contribution >= 0.6 is 35.4 Å². The minimum absolute atomic E-state index is 0.0751. The van der Waals surface area contributed by atoms with E-state index in [1.54, 1.807) is 30.3 Å². The second-order valence-corrected chi connectivity index (χ2v) is 5.31. The van der Waals surface area contributed by atoms with Crippen LogP contribution in [0.3, 0.4) is 0 Å². The van der Waals surface area contributed by atoms with Gasteiger partial charge in [-0.3, -0.25) is 0 Å². The molecule has 2 rings (SSSR count). The Morgan fingerprint density at radius 1 is 1.20 bits per heavy atom. The Kier molecular flexibility index (Phi) is 4.81. The second-order valence-electron chi connectivity index (χ2n) is 4.03. The van der Waals surface area contributed by atoms with Crippen molar-refractivity contribution in [1.82, 2.24) is 0 Å². The van der Waals surface area contributed by atoms with Crippen LogP contribution in [0.15, 0.2) is 36.4 Å². The summed E-state index contributed by atoms with van der Waals surface area (Å²) in [4.78, 5) is 0.213. The third kappa shape index (κ3) is 3.60. The molecule has 0 aliphatic rings. The van der Waals surface area contributed by atoms with Crippen LogP contribution in [0.5, 0.6) is 5.75 Å². The third-order valence-electron chi connectivity index (χ3n) is 2.62. The summed E-state index contributed by atoms with van der Waals surface area (Å²) >= 11 is 16.6. The molecular formula is C14H10Cl2FNOS. The normalized spacial score (nSPS) is 10.3. The fourth-order valence-corrected chi connectivity index (χ4v) is 2.25. The fraction of sp³-hybridized carbons (Fsp3) is 0.0714. The molecule has 6 heteroatoms. The molecule has 0 saturated heterocycles. The average Bonchev–Trinajstić information content (AvgIpc) is 2.37. The highest BCUT2D eigenvalue weighted by Crippen LogP contribution is 2.24. The van der Waals surface area contributed by atoms with E-state index < -0.39 is 5.82 Å². The Morgan fingerprint density at radius 2 is 1.95 bits per heavy atom. The topological polar surface area (TPSA) is 35.2 Å². The first kappa shape index (κ1) is 15.0. The standard InChI is InChI=1S/C14H10Cl2FNOS/c15-9-2-1-8(13(17)5-9)7-19-10-3-4-11(14(18)20)12(16)6-10/h1-6H,7H2,(H2,18,20). The van der Waals surface area contributed by atoms with Gasteiger partial charge < -0.3 is 10.5 Å². The average molecular weight is 330 g/mol. The molecule has 2 N–H and O–H groups in total. The van der Waals surface area contributed by atoms with Gasteiger partial charge in [-0.1, -0.05) is 41.5 Å². The van der Waals surface area contributed by atoms with Crippen molar-refractivity contribution in [2.75, 3.05) is 0 Å². The van der Waals surface area contributed by atoms with Crippen molar-refractivity contribution in [3.8, 4) is 5.75 Å². The first-order valence-corrected chi connectivity index (χ1v) is 6.80. The lowest BCUT2D eigenvalue weighted by Crippen LogP contribution is -2.10. The van der Waals surface area contributed by atoms with E-state index in [9.17, 15) is 4.39 Å². The Bertz CT molecular complexity index is 664. The third-order valence-corrected chi connectivity index (χ3v) is 3.38. The number of thiocarbonyl (C=S) groups is 1. The summed E-state index contributed by atoms with van der Waals surface area (Å²) in [6.45, 7) is 0.0751. The number of nitrogens with two attached hydrogens (primary N) is 1. The van der Waals surface area contributed by atoms with Gasteiger partial charge in [-0.25, -0.2) is 4.39 Å². The molecule has 104 valence electrons. The molecule has 0 aliphatic heterocycles. The van der Waals surface area contributed by atoms with E-state index in [2.05, 4.69) is 0 Å². The van der Waals surface area contributed by atoms with Gasteiger partial charge in [-0.2, -0.15) is 0 Å². The summed E-state index contributed by atoms with van der Waals surface area (Å²) in [6.07, 6.45) is 0. The molecule has 0 fully saturated rings. The van der Waals surface area contributed by atoms with E-state index in [1.165, 1.54) is 6.07 Å². The number of ether oxygens (including phenoxy) is 1. The molecule has 0 spiro atoms. The molecule has 2 nitrogen and oxygen atoms in total. The van der Waals surface area contributed by atoms with Gasteiger partial charge in [0.05, 0.1) is 5.02 Å². The second kappa shape index (κ2) is 6.39. The zero-order valence-corrected chi connectivity index (χ0v) is 12.5. The molecule has 0 aliphatic carbocycles. The summed E-state index contributed by atoms with van der Waals surface area (Å²) in [5, 5.41) is 0.738. The Balaban J connectivity index is 2.11. The smallest absolute Gasteiger partial charge is 0.131 e. The van der Waals surface area contributed by atoms with Crippen molar-refractivity contribution in [2.24, 2.45) is 5.73 Å². The van der Waals surface area contributed by atoms with Gasteiger partial charge in [0.2, 0.25) is 0 Å². The van der Waals surface area contributed by atoms with Crippen LogP contribution in [-0.2, 0) is 6.61 Å². The van der Waals surface area contributed by atoms with Crippen molar-refractivity contribution in [3.63, 3.8) is 0 Å². The summed E-state index contributed by atoms with van der Waals surface area (Å²) in [5.74, 6) is 0.0905. The van der Waals surface area contributed by atoms with Crippen LogP contribution in [0.4, 0.5) is 4.39 Å². The molecular weight excluding hydrogens is 320 g/mol. The predicted octanol–water partition coefficient (Wildman–Crippen LogP) is 4.35. The van der Waals surface area contributed by atoms with Gasteiger partial charge in [0.1, 0.15) is 23.2 Å². The number of hydrogen-bond acceptors (Lipinski definition) is 2. The van der Waals surface area contributed by atoms with Crippen LogP contribution in [0.2, 0.25) is 10.0 Å². The van der Waals surface area contributed by atoms with Crippen LogP contribution in [0.1, 0.15) is 11.1 Å². The molecule has 0 amide bonds. The molecule has 0 atom stereocenters. The molecule has 0 radical (unpaired) electrons. The summed E-state index contributed by atoms with van der Waals surface area (Å²) in [7, 11) is 0. The maximum absolute atomic E-state index is 13.6. The number of halogens is 3. The lowest BCUT2D eigenvalue weighted by molar-refractivity contribution is 0.300. The maximum Gasteiger partial charge on any atom is 0.131 e. The molecule has 2 aromatic carbocycles. The molecule has 20 heavy (non-hydrogen) atoms. The lowest BCUT2D eigenvalue weighted by Gasteiger charge is -2.09. The van der Waals surface area contributed by atoms with Crippen molar-refractivity contribution in [2.45, 2.75) is 6.61 Å². The molecule has 0 saturated carbocycles. The van der Waals surface area contributed by atoms with E-state index in [0.717, 1.165) is 0 Å². The van der Waals surface area contributed by atoms with Gasteiger partial charge in [0.15, 0.2) is 0 Å². The number of benzene rings is 2. The van der Waals surface area contributed by atoms with Gasteiger partial charge in [0, 0.05) is 16.1 Å². The van der Waals surface area contributed by atoms with Crippen LogP contribution in [0.25, 0.3) is 0 Å². The number of hydrogen-bond donors (Lipinski definition) is 1. The van der Waals surface area contributed by atoms with E-state index in [0.29, 0.717) is 26.9 Å². The van der Waals surface area contributed by atoms with Gasteiger partial charge in [0.25, 0.3) is 0 Å². The molecule has 0 heterocycles. The largest absolute Gasteiger partial charge is 0.489 e.